The Kier molecular flexibility index (Phi) is 6.78. The van der Waals surface area contributed by atoms with Gasteiger partial charge in [-0.05, 0) is 38.1 Å². The van der Waals surface area contributed by atoms with Crippen molar-refractivity contribution in [2.45, 2.75) is 18.9 Å². The SMILES string of the molecule is COc1cc2c(Nc3cc(O)c(Cl)cc3F)ncnc2cc1OCC(O)CN1CCCC1. The molecule has 2 aromatic carbocycles. The van der Waals surface area contributed by atoms with Gasteiger partial charge in [-0.25, -0.2) is 14.4 Å². The van der Waals surface area contributed by atoms with Gasteiger partial charge in [0.2, 0.25) is 0 Å². The molecule has 3 N–H and O–H groups in total. The van der Waals surface area contributed by atoms with Crippen LogP contribution in [-0.2, 0) is 0 Å². The predicted molar refractivity (Wildman–Crippen MR) is 120 cm³/mol. The highest BCUT2D eigenvalue weighted by molar-refractivity contribution is 6.32. The lowest BCUT2D eigenvalue weighted by Crippen LogP contribution is -2.33. The number of hydrogen-bond donors (Lipinski definition) is 3. The number of phenolic OH excluding ortho intramolecular Hbond substituents is 1. The number of anilines is 2. The molecular weight excluding hydrogens is 439 g/mol. The van der Waals surface area contributed by atoms with Crippen molar-refractivity contribution in [1.29, 1.82) is 0 Å². The van der Waals surface area contributed by atoms with Gasteiger partial charge in [0.15, 0.2) is 11.5 Å². The first-order valence-electron chi connectivity index (χ1n) is 10.3. The van der Waals surface area contributed by atoms with Crippen molar-refractivity contribution in [2.24, 2.45) is 0 Å². The fourth-order valence-corrected chi connectivity index (χ4v) is 3.85. The van der Waals surface area contributed by atoms with Crippen molar-refractivity contribution >= 4 is 34.0 Å². The molecule has 1 fully saturated rings. The van der Waals surface area contributed by atoms with Gasteiger partial charge in [0.05, 0.1) is 23.3 Å². The number of aromatic nitrogens is 2. The summed E-state index contributed by atoms with van der Waals surface area (Å²) in [5.41, 5.74) is 0.544. The number of rotatable bonds is 8. The molecule has 0 aliphatic carbocycles. The fraction of sp³-hybridized carbons (Fsp3) is 0.364. The van der Waals surface area contributed by atoms with Gasteiger partial charge in [-0.2, -0.15) is 0 Å². The summed E-state index contributed by atoms with van der Waals surface area (Å²) in [6.07, 6.45) is 3.01. The zero-order chi connectivity index (χ0) is 22.7. The van der Waals surface area contributed by atoms with E-state index in [9.17, 15) is 14.6 Å². The summed E-state index contributed by atoms with van der Waals surface area (Å²) in [7, 11) is 1.50. The van der Waals surface area contributed by atoms with Crippen LogP contribution in [0.5, 0.6) is 17.2 Å². The van der Waals surface area contributed by atoms with Crippen molar-refractivity contribution in [1.82, 2.24) is 14.9 Å². The largest absolute Gasteiger partial charge is 0.506 e. The third kappa shape index (κ3) is 4.95. The number of hydrogen-bond acceptors (Lipinski definition) is 8. The van der Waals surface area contributed by atoms with Crippen LogP contribution in [0.2, 0.25) is 5.02 Å². The molecule has 0 bridgehead atoms. The molecule has 1 aliphatic heterocycles. The van der Waals surface area contributed by atoms with E-state index in [0.29, 0.717) is 34.8 Å². The number of ether oxygens (including phenoxy) is 2. The third-order valence-electron chi connectivity index (χ3n) is 5.31. The molecule has 1 saturated heterocycles. The number of methoxy groups -OCH3 is 1. The average molecular weight is 463 g/mol. The van der Waals surface area contributed by atoms with E-state index in [1.807, 2.05) is 0 Å². The van der Waals surface area contributed by atoms with Crippen molar-refractivity contribution in [2.75, 3.05) is 38.7 Å². The predicted octanol–water partition coefficient (Wildman–Crippen LogP) is 3.72. The van der Waals surface area contributed by atoms with Gasteiger partial charge in [0.1, 0.15) is 36.4 Å². The molecule has 4 rings (SSSR count). The lowest BCUT2D eigenvalue weighted by molar-refractivity contribution is 0.0747. The molecule has 1 unspecified atom stereocenters. The number of fused-ring (bicyclic) bond motifs is 1. The molecule has 0 saturated carbocycles. The van der Waals surface area contributed by atoms with Gasteiger partial charge in [-0.1, -0.05) is 11.6 Å². The number of aliphatic hydroxyl groups is 1. The monoisotopic (exact) mass is 462 g/mol. The quantitative estimate of drug-likeness (QED) is 0.466. The smallest absolute Gasteiger partial charge is 0.163 e. The van der Waals surface area contributed by atoms with Crippen LogP contribution < -0.4 is 14.8 Å². The second-order valence-corrected chi connectivity index (χ2v) is 8.03. The maximum atomic E-state index is 14.3. The summed E-state index contributed by atoms with van der Waals surface area (Å²) in [6.45, 7) is 2.67. The summed E-state index contributed by atoms with van der Waals surface area (Å²) in [5.74, 6) is 0.270. The number of nitrogens with zero attached hydrogens (tertiary/aromatic N) is 3. The third-order valence-corrected chi connectivity index (χ3v) is 5.61. The molecule has 1 aromatic heterocycles. The number of β-amino-alcohol motifs (C(OH)–C–C–N with tert-alkyl or cyclic N) is 1. The first kappa shape index (κ1) is 22.3. The Bertz CT molecular complexity index is 1110. The molecule has 32 heavy (non-hydrogen) atoms. The fourth-order valence-electron chi connectivity index (χ4n) is 3.70. The minimum Gasteiger partial charge on any atom is -0.506 e. The van der Waals surface area contributed by atoms with Crippen LogP contribution in [0, 0.1) is 5.82 Å². The van der Waals surface area contributed by atoms with E-state index in [-0.39, 0.29) is 23.1 Å². The number of halogens is 2. The van der Waals surface area contributed by atoms with E-state index in [4.69, 9.17) is 21.1 Å². The standard InChI is InChI=1S/C22H24ClFN4O4/c1-31-20-6-14-17(9-21(20)32-11-13(29)10-28-4-2-3-5-28)25-12-26-22(14)27-18-8-19(30)15(23)7-16(18)24/h6-9,12-13,29-30H,2-5,10-11H2,1H3,(H,25,26,27). The second kappa shape index (κ2) is 9.72. The Balaban J connectivity index is 1.56. The van der Waals surface area contributed by atoms with Crippen molar-refractivity contribution in [3.63, 3.8) is 0 Å². The number of aliphatic hydroxyl groups excluding tert-OH is 1. The molecule has 1 aliphatic rings. The Hall–Kier alpha value is -2.88. The Morgan fingerprint density at radius 3 is 2.72 bits per heavy atom. The van der Waals surface area contributed by atoms with Crippen LogP contribution in [-0.4, -0.2) is 64.5 Å². The highest BCUT2D eigenvalue weighted by Crippen LogP contribution is 2.36. The van der Waals surface area contributed by atoms with Crippen LogP contribution in [0.1, 0.15) is 12.8 Å². The van der Waals surface area contributed by atoms with E-state index in [1.165, 1.54) is 19.5 Å². The van der Waals surface area contributed by atoms with Gasteiger partial charge in [-0.15, -0.1) is 0 Å². The number of phenols is 1. The summed E-state index contributed by atoms with van der Waals surface area (Å²) in [4.78, 5) is 10.7. The Morgan fingerprint density at radius 2 is 1.97 bits per heavy atom. The molecule has 8 nitrogen and oxygen atoms in total. The first-order chi connectivity index (χ1) is 15.4. The number of benzene rings is 2. The molecule has 0 amide bonds. The van der Waals surface area contributed by atoms with Crippen LogP contribution in [0.4, 0.5) is 15.9 Å². The van der Waals surface area contributed by atoms with Gasteiger partial charge < -0.3 is 29.9 Å². The zero-order valence-electron chi connectivity index (χ0n) is 17.5. The number of nitrogens with one attached hydrogen (secondary N) is 1. The Labute approximate surface area is 189 Å². The van der Waals surface area contributed by atoms with Crippen LogP contribution in [0.3, 0.4) is 0 Å². The van der Waals surface area contributed by atoms with E-state index >= 15 is 0 Å². The summed E-state index contributed by atoms with van der Waals surface area (Å²) < 4.78 is 25.5. The molecule has 10 heteroatoms. The normalized spacial score (nSPS) is 15.1. The minimum atomic E-state index is -0.640. The molecule has 0 radical (unpaired) electrons. The molecule has 170 valence electrons. The molecule has 2 heterocycles. The van der Waals surface area contributed by atoms with Gasteiger partial charge in [0.25, 0.3) is 0 Å². The average Bonchev–Trinajstić information content (AvgIpc) is 3.28. The van der Waals surface area contributed by atoms with Crippen molar-refractivity contribution in [3.8, 4) is 17.2 Å². The topological polar surface area (TPSA) is 100.0 Å². The first-order valence-corrected chi connectivity index (χ1v) is 10.6. The lowest BCUT2D eigenvalue weighted by Gasteiger charge is -2.20. The van der Waals surface area contributed by atoms with E-state index in [0.717, 1.165) is 32.0 Å². The second-order valence-electron chi connectivity index (χ2n) is 7.62. The van der Waals surface area contributed by atoms with Crippen molar-refractivity contribution < 1.29 is 24.1 Å². The number of aromatic hydroxyl groups is 1. The molecule has 0 spiro atoms. The van der Waals surface area contributed by atoms with Gasteiger partial charge in [-0.3, -0.25) is 0 Å². The maximum Gasteiger partial charge on any atom is 0.163 e. The molecule has 1 atom stereocenters. The Morgan fingerprint density at radius 1 is 1.19 bits per heavy atom. The molecular formula is C22H24ClFN4O4. The van der Waals surface area contributed by atoms with Gasteiger partial charge >= 0.3 is 0 Å². The maximum absolute atomic E-state index is 14.3. The lowest BCUT2D eigenvalue weighted by atomic mass is 10.2. The highest BCUT2D eigenvalue weighted by atomic mass is 35.5. The summed E-state index contributed by atoms with van der Waals surface area (Å²) >= 11 is 5.75. The highest BCUT2D eigenvalue weighted by Gasteiger charge is 2.18. The van der Waals surface area contributed by atoms with E-state index < -0.39 is 11.9 Å². The van der Waals surface area contributed by atoms with Crippen LogP contribution in [0.15, 0.2) is 30.6 Å². The minimum absolute atomic E-state index is 0.0104. The molecule has 3 aromatic rings. The summed E-state index contributed by atoms with van der Waals surface area (Å²) in [5, 5.41) is 23.4. The van der Waals surface area contributed by atoms with Crippen molar-refractivity contribution in [3.05, 3.63) is 41.4 Å². The van der Waals surface area contributed by atoms with E-state index in [1.54, 1.807) is 12.1 Å². The van der Waals surface area contributed by atoms with E-state index in [2.05, 4.69) is 20.2 Å². The van der Waals surface area contributed by atoms with Crippen LogP contribution in [0.25, 0.3) is 10.9 Å². The number of likely N-dealkylation sites (tertiary alicyclic amines) is 1. The van der Waals surface area contributed by atoms with Crippen LogP contribution >= 0.6 is 11.6 Å². The zero-order valence-corrected chi connectivity index (χ0v) is 18.3. The van der Waals surface area contributed by atoms with Gasteiger partial charge in [0, 0.05) is 24.1 Å². The summed E-state index contributed by atoms with van der Waals surface area (Å²) in [6, 6.07) is 5.55.